The smallest absolute Gasteiger partial charge is 0.408 e. The van der Waals surface area contributed by atoms with Gasteiger partial charge in [0.1, 0.15) is 29.3 Å². The van der Waals surface area contributed by atoms with Crippen LogP contribution in [0.25, 0.3) is 0 Å². The minimum Gasteiger partial charge on any atom is -0.458 e. The number of carbonyl (C=O) groups excluding carboxylic acids is 4. The minimum absolute atomic E-state index is 0.207. The van der Waals surface area contributed by atoms with Crippen LogP contribution in [-0.2, 0) is 30.3 Å². The fraction of sp³-hybridized carbons (Fsp3) is 0.543. The van der Waals surface area contributed by atoms with E-state index in [0.717, 1.165) is 11.1 Å². The third-order valence-electron chi connectivity index (χ3n) is 6.56. The summed E-state index contributed by atoms with van der Waals surface area (Å²) in [6.07, 6.45) is 0.0434. The highest BCUT2D eigenvalue weighted by atomic mass is 16.6. The van der Waals surface area contributed by atoms with Crippen molar-refractivity contribution >= 4 is 23.9 Å². The Morgan fingerprint density at radius 3 is 1.98 bits per heavy atom. The molecule has 44 heavy (non-hydrogen) atoms. The Morgan fingerprint density at radius 1 is 0.841 bits per heavy atom. The molecule has 0 heterocycles. The fourth-order valence-corrected chi connectivity index (χ4v) is 4.71. The van der Waals surface area contributed by atoms with E-state index < -0.39 is 53.2 Å². The zero-order valence-electron chi connectivity index (χ0n) is 28.0. The number of ether oxygens (including phenoxy) is 2. The van der Waals surface area contributed by atoms with Crippen LogP contribution in [0.4, 0.5) is 4.79 Å². The third kappa shape index (κ3) is 11.7. The van der Waals surface area contributed by atoms with Gasteiger partial charge in [0, 0.05) is 13.0 Å². The van der Waals surface area contributed by atoms with E-state index >= 15 is 0 Å². The van der Waals surface area contributed by atoms with Crippen molar-refractivity contribution in [1.29, 1.82) is 0 Å². The van der Waals surface area contributed by atoms with Crippen molar-refractivity contribution in [2.45, 2.75) is 111 Å². The van der Waals surface area contributed by atoms with Crippen LogP contribution >= 0.6 is 0 Å². The number of esters is 1. The van der Waals surface area contributed by atoms with Crippen LogP contribution in [0.5, 0.6) is 0 Å². The lowest BCUT2D eigenvalue weighted by Crippen LogP contribution is -2.56. The van der Waals surface area contributed by atoms with E-state index in [2.05, 4.69) is 10.6 Å². The van der Waals surface area contributed by atoms with Crippen molar-refractivity contribution in [3.63, 3.8) is 0 Å². The average molecular weight is 610 g/mol. The van der Waals surface area contributed by atoms with Crippen molar-refractivity contribution in [3.8, 4) is 0 Å². The van der Waals surface area contributed by atoms with Crippen LogP contribution in [0.15, 0.2) is 54.6 Å². The number of carbonyl (C=O) groups is 4. The first-order valence-electron chi connectivity index (χ1n) is 15.4. The van der Waals surface area contributed by atoms with Gasteiger partial charge in [-0.3, -0.25) is 9.59 Å². The Labute approximate surface area is 263 Å². The van der Waals surface area contributed by atoms with E-state index in [4.69, 9.17) is 9.47 Å². The average Bonchev–Trinajstić information content (AvgIpc) is 2.89. The SMILES string of the molecule is CCCN(C(=O)C(NC(=O)OC(C)(C)C)C(C)C)C(C(=O)NC(Cc1ccccc1)C(=O)OC(C)(C)C)c1cccc(C)c1. The number of aryl methyl sites for hydroxylation is 1. The van der Waals surface area contributed by atoms with Crippen molar-refractivity contribution in [2.24, 2.45) is 5.92 Å². The highest BCUT2D eigenvalue weighted by Gasteiger charge is 2.39. The highest BCUT2D eigenvalue weighted by Crippen LogP contribution is 2.26. The Kier molecular flexibility index (Phi) is 13.0. The molecule has 0 bridgehead atoms. The second kappa shape index (κ2) is 15.7. The molecular weight excluding hydrogens is 558 g/mol. The molecule has 0 radical (unpaired) electrons. The largest absolute Gasteiger partial charge is 0.458 e. The molecular formula is C35H51N3O6. The predicted octanol–water partition coefficient (Wildman–Crippen LogP) is 5.89. The van der Waals surface area contributed by atoms with Crippen molar-refractivity contribution in [1.82, 2.24) is 15.5 Å². The van der Waals surface area contributed by atoms with Gasteiger partial charge in [0.25, 0.3) is 0 Å². The molecule has 3 atom stereocenters. The fourth-order valence-electron chi connectivity index (χ4n) is 4.71. The van der Waals surface area contributed by atoms with Gasteiger partial charge in [-0.1, -0.05) is 80.9 Å². The van der Waals surface area contributed by atoms with E-state index in [9.17, 15) is 19.2 Å². The number of rotatable bonds is 12. The molecule has 2 N–H and O–H groups in total. The maximum atomic E-state index is 14.3. The molecule has 242 valence electrons. The van der Waals surface area contributed by atoms with Crippen molar-refractivity contribution < 1.29 is 28.7 Å². The summed E-state index contributed by atoms with van der Waals surface area (Å²) >= 11 is 0. The molecule has 9 nitrogen and oxygen atoms in total. The summed E-state index contributed by atoms with van der Waals surface area (Å²) in [4.78, 5) is 56.2. The van der Waals surface area contributed by atoms with Crippen LogP contribution in [0.1, 0.15) is 91.5 Å². The number of nitrogens with one attached hydrogen (secondary N) is 2. The summed E-state index contributed by atoms with van der Waals surface area (Å²) in [5.74, 6) is -1.82. The van der Waals surface area contributed by atoms with E-state index in [1.807, 2.05) is 76.2 Å². The molecule has 0 spiro atoms. The lowest BCUT2D eigenvalue weighted by Gasteiger charge is -2.36. The van der Waals surface area contributed by atoms with E-state index in [-0.39, 0.29) is 18.9 Å². The standard InChI is InChI=1S/C35H51N3O6/c1-11-20-38(31(40)28(23(2)3)37-33(42)44-35(8,9)10)29(26-19-15-16-24(4)21-26)30(39)36-27(32(41)43-34(5,6)7)22-25-17-13-12-14-18-25/h12-19,21,23,27-29H,11,20,22H2,1-10H3,(H,36,39)(H,37,42). The maximum absolute atomic E-state index is 14.3. The maximum Gasteiger partial charge on any atom is 0.408 e. The lowest BCUT2D eigenvalue weighted by molar-refractivity contribution is -0.159. The number of benzene rings is 2. The van der Waals surface area contributed by atoms with Gasteiger partial charge < -0.3 is 25.0 Å². The summed E-state index contributed by atoms with van der Waals surface area (Å²) in [5.41, 5.74) is 0.821. The second-order valence-electron chi connectivity index (χ2n) is 13.5. The topological polar surface area (TPSA) is 114 Å². The molecule has 0 aromatic heterocycles. The zero-order valence-corrected chi connectivity index (χ0v) is 28.0. The quantitative estimate of drug-likeness (QED) is 0.290. The molecule has 2 rings (SSSR count). The van der Waals surface area contributed by atoms with Gasteiger partial charge in [-0.15, -0.1) is 0 Å². The number of hydrogen-bond donors (Lipinski definition) is 2. The number of nitrogens with zero attached hydrogens (tertiary/aromatic N) is 1. The highest BCUT2D eigenvalue weighted by molar-refractivity contribution is 5.94. The molecule has 2 aromatic rings. The monoisotopic (exact) mass is 609 g/mol. The summed E-state index contributed by atoms with van der Waals surface area (Å²) < 4.78 is 11.1. The normalized spacial score (nSPS) is 13.8. The molecule has 0 aliphatic rings. The van der Waals surface area contributed by atoms with Crippen LogP contribution in [0.2, 0.25) is 0 Å². The van der Waals surface area contributed by atoms with Gasteiger partial charge >= 0.3 is 12.1 Å². The van der Waals surface area contributed by atoms with Crippen LogP contribution in [0.3, 0.4) is 0 Å². The summed E-state index contributed by atoms with van der Waals surface area (Å²) in [6.45, 7) is 18.3. The third-order valence-corrected chi connectivity index (χ3v) is 6.56. The number of amides is 3. The van der Waals surface area contributed by atoms with Crippen LogP contribution in [-0.4, -0.2) is 58.6 Å². The first kappa shape index (κ1) is 36.3. The first-order chi connectivity index (χ1) is 20.4. The molecule has 3 unspecified atom stereocenters. The summed E-state index contributed by atoms with van der Waals surface area (Å²) in [6, 6.07) is 13.7. The molecule has 0 fully saturated rings. The van der Waals surface area contributed by atoms with Crippen molar-refractivity contribution in [2.75, 3.05) is 6.54 Å². The van der Waals surface area contributed by atoms with Gasteiger partial charge in [-0.25, -0.2) is 9.59 Å². The Balaban J connectivity index is 2.56. The van der Waals surface area contributed by atoms with E-state index in [0.29, 0.717) is 12.0 Å². The predicted molar refractivity (Wildman–Crippen MR) is 172 cm³/mol. The summed E-state index contributed by atoms with van der Waals surface area (Å²) in [5, 5.41) is 5.65. The lowest BCUT2D eigenvalue weighted by atomic mass is 9.97. The Morgan fingerprint density at radius 2 is 1.45 bits per heavy atom. The van der Waals surface area contributed by atoms with E-state index in [1.165, 1.54) is 4.90 Å². The molecule has 0 saturated heterocycles. The summed E-state index contributed by atoms with van der Waals surface area (Å²) in [7, 11) is 0. The Hall–Kier alpha value is -3.88. The molecule has 3 amide bonds. The molecule has 2 aromatic carbocycles. The van der Waals surface area contributed by atoms with Crippen LogP contribution in [0, 0.1) is 12.8 Å². The molecule has 9 heteroatoms. The van der Waals surface area contributed by atoms with Gasteiger partial charge in [0.2, 0.25) is 11.8 Å². The zero-order chi connectivity index (χ0) is 33.2. The number of hydrogen-bond acceptors (Lipinski definition) is 6. The minimum atomic E-state index is -1.08. The van der Waals surface area contributed by atoms with Gasteiger partial charge in [0.05, 0.1) is 0 Å². The van der Waals surface area contributed by atoms with E-state index in [1.54, 1.807) is 47.6 Å². The number of alkyl carbamates (subject to hydrolysis) is 1. The molecule has 0 saturated carbocycles. The van der Waals surface area contributed by atoms with Crippen LogP contribution < -0.4 is 10.6 Å². The first-order valence-corrected chi connectivity index (χ1v) is 15.4. The molecule has 0 aliphatic carbocycles. The molecule has 0 aliphatic heterocycles. The second-order valence-corrected chi connectivity index (χ2v) is 13.5. The van der Waals surface area contributed by atoms with Crippen molar-refractivity contribution in [3.05, 3.63) is 71.3 Å². The Bertz CT molecular complexity index is 1260. The van der Waals surface area contributed by atoms with Gasteiger partial charge in [0.15, 0.2) is 0 Å². The van der Waals surface area contributed by atoms with Gasteiger partial charge in [-0.2, -0.15) is 0 Å². The van der Waals surface area contributed by atoms with Gasteiger partial charge in [-0.05, 0) is 71.9 Å².